The molecule has 10 aromatic rings. The minimum Gasteiger partial charge on any atom is -0.310 e. The average molecular weight is 913 g/mol. The highest BCUT2D eigenvalue weighted by Gasteiger charge is 2.40. The highest BCUT2D eigenvalue weighted by molar-refractivity contribution is 5.91. The van der Waals surface area contributed by atoms with E-state index in [1.807, 2.05) is 0 Å². The summed E-state index contributed by atoms with van der Waals surface area (Å²) in [5.74, 6) is 0. The van der Waals surface area contributed by atoms with E-state index in [4.69, 9.17) is 0 Å². The van der Waals surface area contributed by atoms with Gasteiger partial charge in [0.1, 0.15) is 0 Å². The summed E-state index contributed by atoms with van der Waals surface area (Å²) < 4.78 is 0. The molecular weight excluding hydrogens is 857 g/mol. The topological polar surface area (TPSA) is 6.48 Å². The van der Waals surface area contributed by atoms with Crippen molar-refractivity contribution in [2.75, 3.05) is 9.80 Å². The third kappa shape index (κ3) is 6.69. The van der Waals surface area contributed by atoms with Gasteiger partial charge in [0, 0.05) is 50.4 Å². The molecule has 0 N–H and O–H groups in total. The van der Waals surface area contributed by atoms with E-state index < -0.39 is 0 Å². The van der Waals surface area contributed by atoms with Crippen LogP contribution in [0.1, 0.15) is 74.9 Å². The maximum absolute atomic E-state index is 2.47. The summed E-state index contributed by atoms with van der Waals surface area (Å²) in [4.78, 5) is 4.73. The standard InChI is InChI=1S/C69H56N2/c1-67(2)61-39-45(47-29-35-57-59-37-31-53(43-65(59)68(3,4)63(57)41-47)70(49-19-11-7-12-20-49)50-21-13-8-14-22-50)27-33-55(61)56-34-28-46(40-62(56)67)48-30-36-58-60-38-32-54(44-66(60)69(5,6)64(58)42-48)71(51-23-15-9-16-24-51)52-25-17-10-18-26-52/h7-44H,1-6H3. The molecule has 0 radical (unpaired) electrons. The SMILES string of the molecule is CC1(C)c2cc(-c3ccc4c(c3)C(C)(C)c3cc(N(c5ccccc5)c5ccccc5)ccc3-4)ccc2-c2ccc(-c3ccc4c(c3)C(C)(C)c3cc(N(c5ccccc5)c5ccccc5)ccc3-4)cc21. The molecule has 0 amide bonds. The van der Waals surface area contributed by atoms with Gasteiger partial charge in [0.25, 0.3) is 0 Å². The second kappa shape index (κ2) is 15.9. The van der Waals surface area contributed by atoms with Gasteiger partial charge in [0.05, 0.1) is 0 Å². The Morgan fingerprint density at radius 3 is 0.662 bits per heavy atom. The lowest BCUT2D eigenvalue weighted by Gasteiger charge is -2.28. The molecule has 0 spiro atoms. The Morgan fingerprint density at radius 1 is 0.211 bits per heavy atom. The molecule has 3 aliphatic carbocycles. The van der Waals surface area contributed by atoms with Crippen molar-refractivity contribution in [3.05, 3.63) is 264 Å². The zero-order chi connectivity index (χ0) is 48.2. The third-order valence-corrected chi connectivity index (χ3v) is 16.2. The molecule has 0 fully saturated rings. The Labute approximate surface area is 419 Å². The summed E-state index contributed by atoms with van der Waals surface area (Å²) in [6, 6.07) is 85.6. The quantitative estimate of drug-likeness (QED) is 0.150. The second-order valence-corrected chi connectivity index (χ2v) is 21.4. The van der Waals surface area contributed by atoms with Crippen LogP contribution in [-0.2, 0) is 16.2 Å². The van der Waals surface area contributed by atoms with E-state index in [1.54, 1.807) is 0 Å². The number of rotatable bonds is 8. The van der Waals surface area contributed by atoms with Gasteiger partial charge in [-0.25, -0.2) is 0 Å². The van der Waals surface area contributed by atoms with Crippen molar-refractivity contribution >= 4 is 34.1 Å². The van der Waals surface area contributed by atoms with E-state index in [9.17, 15) is 0 Å². The summed E-state index contributed by atoms with van der Waals surface area (Å²) in [7, 11) is 0. The average Bonchev–Trinajstić information content (AvgIpc) is 3.88. The van der Waals surface area contributed by atoms with Gasteiger partial charge in [0.2, 0.25) is 0 Å². The molecule has 0 aliphatic heterocycles. The van der Waals surface area contributed by atoms with E-state index in [2.05, 4.69) is 282 Å². The number of anilines is 6. The molecule has 2 heteroatoms. The van der Waals surface area contributed by atoms with Gasteiger partial charge >= 0.3 is 0 Å². The number of nitrogens with zero attached hydrogens (tertiary/aromatic N) is 2. The first-order valence-corrected chi connectivity index (χ1v) is 25.2. The molecule has 10 aromatic carbocycles. The van der Waals surface area contributed by atoms with Crippen molar-refractivity contribution in [1.82, 2.24) is 0 Å². The van der Waals surface area contributed by atoms with Gasteiger partial charge < -0.3 is 9.80 Å². The Bertz CT molecular complexity index is 3390. The largest absolute Gasteiger partial charge is 0.310 e. The number of benzene rings is 10. The van der Waals surface area contributed by atoms with E-state index in [1.165, 1.54) is 100 Å². The Morgan fingerprint density at radius 2 is 0.423 bits per heavy atom. The first-order chi connectivity index (χ1) is 34.5. The molecule has 2 nitrogen and oxygen atoms in total. The molecular formula is C69H56N2. The number of hydrogen-bond donors (Lipinski definition) is 0. The van der Waals surface area contributed by atoms with Crippen LogP contribution in [0.25, 0.3) is 55.6 Å². The van der Waals surface area contributed by atoms with Gasteiger partial charge in [-0.2, -0.15) is 0 Å². The zero-order valence-corrected chi connectivity index (χ0v) is 41.3. The summed E-state index contributed by atoms with van der Waals surface area (Å²) in [5.41, 5.74) is 27.7. The van der Waals surface area contributed by atoms with Crippen LogP contribution in [0.5, 0.6) is 0 Å². The van der Waals surface area contributed by atoms with E-state index in [0.717, 1.165) is 22.7 Å². The first-order valence-electron chi connectivity index (χ1n) is 25.2. The summed E-state index contributed by atoms with van der Waals surface area (Å²) >= 11 is 0. The normalized spacial score (nSPS) is 14.7. The Hall–Kier alpha value is -8.20. The molecule has 13 rings (SSSR count). The number of hydrogen-bond acceptors (Lipinski definition) is 2. The van der Waals surface area contributed by atoms with Crippen LogP contribution in [0.2, 0.25) is 0 Å². The van der Waals surface area contributed by atoms with Crippen molar-refractivity contribution in [2.24, 2.45) is 0 Å². The van der Waals surface area contributed by atoms with E-state index in [0.29, 0.717) is 0 Å². The lowest BCUT2D eigenvalue weighted by Crippen LogP contribution is -2.17. The third-order valence-electron chi connectivity index (χ3n) is 16.2. The smallest absolute Gasteiger partial charge is 0.0465 e. The van der Waals surface area contributed by atoms with Crippen LogP contribution in [0.3, 0.4) is 0 Å². The first kappa shape index (κ1) is 42.9. The fourth-order valence-electron chi connectivity index (χ4n) is 12.4. The molecule has 342 valence electrons. The molecule has 71 heavy (non-hydrogen) atoms. The fraction of sp³-hybridized carbons (Fsp3) is 0.130. The summed E-state index contributed by atoms with van der Waals surface area (Å²) in [6.07, 6.45) is 0. The summed E-state index contributed by atoms with van der Waals surface area (Å²) in [5, 5.41) is 0. The molecule has 0 saturated carbocycles. The van der Waals surface area contributed by atoms with Gasteiger partial charge in [-0.05, 0) is 186 Å². The molecule has 0 unspecified atom stereocenters. The van der Waals surface area contributed by atoms with Crippen molar-refractivity contribution in [2.45, 2.75) is 57.8 Å². The molecule has 0 heterocycles. The van der Waals surface area contributed by atoms with Crippen molar-refractivity contribution in [3.63, 3.8) is 0 Å². The lowest BCUT2D eigenvalue weighted by atomic mass is 9.79. The van der Waals surface area contributed by atoms with Gasteiger partial charge in [0.15, 0.2) is 0 Å². The van der Waals surface area contributed by atoms with Crippen LogP contribution in [0.15, 0.2) is 231 Å². The highest BCUT2D eigenvalue weighted by Crippen LogP contribution is 2.55. The maximum Gasteiger partial charge on any atom is 0.0465 e. The zero-order valence-electron chi connectivity index (χ0n) is 41.3. The molecule has 0 saturated heterocycles. The fourth-order valence-corrected chi connectivity index (χ4v) is 12.4. The Balaban J connectivity index is 0.800. The van der Waals surface area contributed by atoms with Gasteiger partial charge in [-0.3, -0.25) is 0 Å². The van der Waals surface area contributed by atoms with Crippen LogP contribution in [-0.4, -0.2) is 0 Å². The molecule has 0 aromatic heterocycles. The number of para-hydroxylation sites is 4. The van der Waals surface area contributed by atoms with E-state index >= 15 is 0 Å². The van der Waals surface area contributed by atoms with Crippen molar-refractivity contribution < 1.29 is 0 Å². The van der Waals surface area contributed by atoms with Crippen molar-refractivity contribution in [1.29, 1.82) is 0 Å². The van der Waals surface area contributed by atoms with Gasteiger partial charge in [-0.15, -0.1) is 0 Å². The van der Waals surface area contributed by atoms with E-state index in [-0.39, 0.29) is 16.2 Å². The monoisotopic (exact) mass is 912 g/mol. The molecule has 0 atom stereocenters. The molecule has 0 bridgehead atoms. The summed E-state index contributed by atoms with van der Waals surface area (Å²) in [6.45, 7) is 14.4. The second-order valence-electron chi connectivity index (χ2n) is 21.4. The Kier molecular flexibility index (Phi) is 9.61. The highest BCUT2D eigenvalue weighted by atomic mass is 15.1. The predicted octanol–water partition coefficient (Wildman–Crippen LogP) is 18.9. The minimum absolute atomic E-state index is 0.172. The minimum atomic E-state index is -0.178. The van der Waals surface area contributed by atoms with Crippen LogP contribution in [0, 0.1) is 0 Å². The van der Waals surface area contributed by atoms with Crippen LogP contribution >= 0.6 is 0 Å². The van der Waals surface area contributed by atoms with Crippen LogP contribution in [0.4, 0.5) is 34.1 Å². The van der Waals surface area contributed by atoms with Crippen molar-refractivity contribution in [3.8, 4) is 55.6 Å². The molecule has 3 aliphatic rings. The van der Waals surface area contributed by atoms with Gasteiger partial charge in [-0.1, -0.05) is 175 Å². The lowest BCUT2D eigenvalue weighted by molar-refractivity contribution is 0.659. The van der Waals surface area contributed by atoms with Crippen LogP contribution < -0.4 is 9.80 Å². The predicted molar refractivity (Wildman–Crippen MR) is 299 cm³/mol. The maximum atomic E-state index is 2.47. The number of fused-ring (bicyclic) bond motifs is 9.